The Morgan fingerprint density at radius 2 is 1.71 bits per heavy atom. The minimum absolute atomic E-state index is 0.128. The maximum atomic E-state index is 11.5. The van der Waals surface area contributed by atoms with Crippen molar-refractivity contribution in [1.29, 1.82) is 0 Å². The first kappa shape index (κ1) is 23.3. The highest BCUT2D eigenvalue weighted by atomic mass is 16.3. The molecule has 7 nitrogen and oxygen atoms in total. The zero-order valence-electron chi connectivity index (χ0n) is 20.8. The Morgan fingerprint density at radius 1 is 1.03 bits per heavy atom. The van der Waals surface area contributed by atoms with Crippen LogP contribution in [-0.2, 0) is 0 Å². The minimum Gasteiger partial charge on any atom is -0.444 e. The Morgan fingerprint density at radius 3 is 2.31 bits per heavy atom. The molecule has 1 saturated carbocycles. The fraction of sp³-hybridized carbons (Fsp3) is 0.393. The van der Waals surface area contributed by atoms with Crippen molar-refractivity contribution in [2.75, 3.05) is 0 Å². The largest absolute Gasteiger partial charge is 0.444 e. The molecule has 182 valence electrons. The zero-order chi connectivity index (χ0) is 24.9. The van der Waals surface area contributed by atoms with Crippen LogP contribution in [0.4, 0.5) is 0 Å². The molecule has 35 heavy (non-hydrogen) atoms. The molecule has 0 atom stereocenters. The number of pyridine rings is 1. The Bertz CT molecular complexity index is 1390. The van der Waals surface area contributed by atoms with Crippen molar-refractivity contribution in [1.82, 2.24) is 14.5 Å². The highest BCUT2D eigenvalue weighted by Gasteiger charge is 2.28. The molecule has 0 unspecified atom stereocenters. The molecule has 0 aliphatic heterocycles. The molecule has 1 amide bonds. The number of aromatic nitrogens is 3. The molecular formula is C28H33N5O2. The van der Waals surface area contributed by atoms with Crippen LogP contribution in [0.25, 0.3) is 33.6 Å². The van der Waals surface area contributed by atoms with E-state index in [4.69, 9.17) is 15.9 Å². The number of benzene rings is 1. The van der Waals surface area contributed by atoms with Crippen LogP contribution in [0.1, 0.15) is 78.9 Å². The lowest BCUT2D eigenvalue weighted by molar-refractivity contribution is 0.0995. The van der Waals surface area contributed by atoms with Crippen LogP contribution < -0.4 is 11.5 Å². The Labute approximate surface area is 205 Å². The highest BCUT2D eigenvalue weighted by Crippen LogP contribution is 2.44. The highest BCUT2D eigenvalue weighted by molar-refractivity contribution is 5.95. The summed E-state index contributed by atoms with van der Waals surface area (Å²) in [6, 6.07) is 11.3. The third-order valence-electron chi connectivity index (χ3n) is 7.08. The number of oxazole rings is 1. The first-order chi connectivity index (χ1) is 16.7. The maximum absolute atomic E-state index is 11.5. The summed E-state index contributed by atoms with van der Waals surface area (Å²) < 4.78 is 8.14. The molecule has 7 heteroatoms. The summed E-state index contributed by atoms with van der Waals surface area (Å²) in [5.74, 6) is 0.0784. The second-order valence-electron chi connectivity index (χ2n) is 10.1. The van der Waals surface area contributed by atoms with Crippen LogP contribution in [0.5, 0.6) is 0 Å². The van der Waals surface area contributed by atoms with E-state index in [-0.39, 0.29) is 17.7 Å². The number of amides is 1. The van der Waals surface area contributed by atoms with E-state index in [1.165, 1.54) is 34.0 Å². The molecule has 1 aliphatic rings. The van der Waals surface area contributed by atoms with Crippen molar-refractivity contribution in [3.05, 3.63) is 59.2 Å². The molecule has 1 aliphatic carbocycles. The lowest BCUT2D eigenvalue weighted by atomic mass is 9.90. The Kier molecular flexibility index (Phi) is 5.97. The molecule has 0 bridgehead atoms. The van der Waals surface area contributed by atoms with Gasteiger partial charge in [0.25, 0.3) is 5.91 Å². The van der Waals surface area contributed by atoms with Gasteiger partial charge in [0.05, 0.1) is 5.69 Å². The van der Waals surface area contributed by atoms with Crippen LogP contribution in [-0.4, -0.2) is 26.5 Å². The van der Waals surface area contributed by atoms with E-state index in [1.54, 1.807) is 0 Å². The van der Waals surface area contributed by atoms with Crippen molar-refractivity contribution in [3.8, 4) is 22.7 Å². The smallest absolute Gasteiger partial charge is 0.270 e. The van der Waals surface area contributed by atoms with Gasteiger partial charge in [0, 0.05) is 45.5 Å². The predicted molar refractivity (Wildman–Crippen MR) is 138 cm³/mol. The lowest BCUT2D eigenvalue weighted by Crippen LogP contribution is -2.28. The average Bonchev–Trinajstić information content (AvgIpc) is 3.42. The van der Waals surface area contributed by atoms with Gasteiger partial charge in [-0.1, -0.05) is 13.8 Å². The van der Waals surface area contributed by atoms with E-state index in [0.29, 0.717) is 11.9 Å². The SMILES string of the molecule is Cc1cc(-c2c(C(C)C)c3cc(-c4nc(C(N)=O)co4)ccc3n2C2CCC(N)CC2)cc(C)n1. The van der Waals surface area contributed by atoms with Gasteiger partial charge in [-0.3, -0.25) is 9.78 Å². The molecule has 0 spiro atoms. The van der Waals surface area contributed by atoms with Crippen LogP contribution >= 0.6 is 0 Å². The second-order valence-corrected chi connectivity index (χ2v) is 10.1. The maximum Gasteiger partial charge on any atom is 0.270 e. The van der Waals surface area contributed by atoms with E-state index >= 15 is 0 Å². The number of rotatable bonds is 5. The molecule has 3 aromatic heterocycles. The number of carbonyl (C=O) groups excluding carboxylic acids is 1. The van der Waals surface area contributed by atoms with Gasteiger partial charge in [-0.2, -0.15) is 0 Å². The Balaban J connectivity index is 1.78. The number of fused-ring (bicyclic) bond motifs is 1. The van der Waals surface area contributed by atoms with E-state index in [9.17, 15) is 4.79 Å². The van der Waals surface area contributed by atoms with Gasteiger partial charge in [-0.05, 0) is 81.3 Å². The van der Waals surface area contributed by atoms with Crippen LogP contribution in [0.15, 0.2) is 41.0 Å². The van der Waals surface area contributed by atoms with Gasteiger partial charge in [-0.15, -0.1) is 0 Å². The second kappa shape index (κ2) is 8.96. The van der Waals surface area contributed by atoms with Gasteiger partial charge in [0.1, 0.15) is 6.26 Å². The lowest BCUT2D eigenvalue weighted by Gasteiger charge is -2.30. The molecule has 1 fully saturated rings. The van der Waals surface area contributed by atoms with Crippen LogP contribution in [0.2, 0.25) is 0 Å². The standard InChI is InChI=1S/C28H33N5O2/c1-15(2)25-22-13-18(28-32-23(14-35-28)27(30)34)5-10-24(22)33(21-8-6-20(29)7-9-21)26(25)19-11-16(3)31-17(4)12-19/h5,10-15,20-21H,6-9,29H2,1-4H3,(H2,30,34). The van der Waals surface area contributed by atoms with Gasteiger partial charge in [0.15, 0.2) is 5.69 Å². The van der Waals surface area contributed by atoms with E-state index in [0.717, 1.165) is 42.6 Å². The molecule has 3 heterocycles. The molecule has 5 rings (SSSR count). The number of hydrogen-bond acceptors (Lipinski definition) is 5. The quantitative estimate of drug-likeness (QED) is 0.391. The van der Waals surface area contributed by atoms with Gasteiger partial charge < -0.3 is 20.5 Å². The van der Waals surface area contributed by atoms with Crippen LogP contribution in [0, 0.1) is 13.8 Å². The first-order valence-electron chi connectivity index (χ1n) is 12.4. The number of nitrogens with two attached hydrogens (primary N) is 2. The van der Waals surface area contributed by atoms with E-state index < -0.39 is 5.91 Å². The molecule has 0 radical (unpaired) electrons. The van der Waals surface area contributed by atoms with Crippen molar-refractivity contribution < 1.29 is 9.21 Å². The number of nitrogens with zero attached hydrogens (tertiary/aromatic N) is 3. The Hall–Kier alpha value is -3.45. The van der Waals surface area contributed by atoms with Gasteiger partial charge in [0.2, 0.25) is 5.89 Å². The number of hydrogen-bond donors (Lipinski definition) is 2. The summed E-state index contributed by atoms with van der Waals surface area (Å²) in [5, 5.41) is 1.17. The van der Waals surface area contributed by atoms with Crippen molar-refractivity contribution in [2.24, 2.45) is 11.5 Å². The normalized spacial score (nSPS) is 18.5. The van der Waals surface area contributed by atoms with Crippen molar-refractivity contribution in [3.63, 3.8) is 0 Å². The van der Waals surface area contributed by atoms with Gasteiger partial charge >= 0.3 is 0 Å². The number of carbonyl (C=O) groups is 1. The molecule has 1 aromatic carbocycles. The summed E-state index contributed by atoms with van der Waals surface area (Å²) in [7, 11) is 0. The topological polar surface area (TPSA) is 113 Å². The molecule has 4 N–H and O–H groups in total. The summed E-state index contributed by atoms with van der Waals surface area (Å²) in [5.41, 5.74) is 19.6. The fourth-order valence-corrected chi connectivity index (χ4v) is 5.58. The van der Waals surface area contributed by atoms with Gasteiger partial charge in [-0.25, -0.2) is 4.98 Å². The van der Waals surface area contributed by atoms with Crippen molar-refractivity contribution in [2.45, 2.75) is 71.4 Å². The predicted octanol–water partition coefficient (Wildman–Crippen LogP) is 5.64. The summed E-state index contributed by atoms with van der Waals surface area (Å²) in [6.07, 6.45) is 5.48. The minimum atomic E-state index is -0.601. The third-order valence-corrected chi connectivity index (χ3v) is 7.08. The number of aryl methyl sites for hydroxylation is 2. The first-order valence-corrected chi connectivity index (χ1v) is 12.4. The molecule has 0 saturated heterocycles. The third kappa shape index (κ3) is 4.25. The van der Waals surface area contributed by atoms with Crippen molar-refractivity contribution >= 4 is 16.8 Å². The monoisotopic (exact) mass is 471 g/mol. The number of primary amides is 1. The van der Waals surface area contributed by atoms with E-state index in [2.05, 4.69) is 66.5 Å². The summed E-state index contributed by atoms with van der Waals surface area (Å²) in [4.78, 5) is 20.5. The summed E-state index contributed by atoms with van der Waals surface area (Å²) in [6.45, 7) is 8.58. The zero-order valence-corrected chi connectivity index (χ0v) is 20.8. The van der Waals surface area contributed by atoms with E-state index in [1.807, 2.05) is 6.07 Å². The molecular weight excluding hydrogens is 438 g/mol. The fourth-order valence-electron chi connectivity index (χ4n) is 5.58. The van der Waals surface area contributed by atoms with Crippen LogP contribution in [0.3, 0.4) is 0 Å². The molecule has 4 aromatic rings. The average molecular weight is 472 g/mol. The summed E-state index contributed by atoms with van der Waals surface area (Å²) >= 11 is 0.